The Bertz CT molecular complexity index is 657. The van der Waals surface area contributed by atoms with E-state index >= 15 is 0 Å². The summed E-state index contributed by atoms with van der Waals surface area (Å²) in [5, 5.41) is 0. The molecule has 0 saturated carbocycles. The average molecular weight is 335 g/mol. The van der Waals surface area contributed by atoms with E-state index in [4.69, 9.17) is 15.0 Å². The Morgan fingerprint density at radius 2 is 1.88 bits per heavy atom. The van der Waals surface area contributed by atoms with Crippen LogP contribution >= 0.6 is 0 Å². The van der Waals surface area contributed by atoms with Crippen LogP contribution in [-0.4, -0.2) is 37.9 Å². The summed E-state index contributed by atoms with van der Waals surface area (Å²) in [5.74, 6) is -1.39. The Morgan fingerprint density at radius 1 is 1.29 bits per heavy atom. The third-order valence-electron chi connectivity index (χ3n) is 4.57. The van der Waals surface area contributed by atoms with Crippen LogP contribution in [0.25, 0.3) is 6.08 Å². The number of halogens is 1. The maximum atomic E-state index is 14.5. The van der Waals surface area contributed by atoms with Gasteiger partial charge in [0.15, 0.2) is 0 Å². The molecule has 1 saturated heterocycles. The van der Waals surface area contributed by atoms with Crippen LogP contribution in [0.4, 0.5) is 4.39 Å². The van der Waals surface area contributed by atoms with Crippen LogP contribution in [0.1, 0.15) is 43.6 Å². The summed E-state index contributed by atoms with van der Waals surface area (Å²) in [6.07, 6.45) is 1.56. The molecule has 2 N–H and O–H groups in total. The van der Waals surface area contributed by atoms with Crippen molar-refractivity contribution < 1.29 is 23.2 Å². The topological polar surface area (TPSA) is 70.8 Å². The lowest BCUT2D eigenvalue weighted by Gasteiger charge is -2.32. The highest BCUT2D eigenvalue weighted by atomic mass is 19.1. The maximum absolute atomic E-state index is 14.5. The zero-order valence-corrected chi connectivity index (χ0v) is 14.7. The quantitative estimate of drug-likeness (QED) is 0.676. The maximum Gasteiger partial charge on any atom is 0.491 e. The summed E-state index contributed by atoms with van der Waals surface area (Å²) >= 11 is 0. The van der Waals surface area contributed by atoms with Gasteiger partial charge in [0.1, 0.15) is 5.82 Å². The fraction of sp³-hybridized carbons (Fsp3) is 0.471. The number of esters is 1. The zero-order chi connectivity index (χ0) is 18.1. The summed E-state index contributed by atoms with van der Waals surface area (Å²) in [6.45, 7) is 7.86. The molecular weight excluding hydrogens is 312 g/mol. The third kappa shape index (κ3) is 3.38. The third-order valence-corrected chi connectivity index (χ3v) is 4.57. The Morgan fingerprint density at radius 3 is 2.38 bits per heavy atom. The highest BCUT2D eigenvalue weighted by Crippen LogP contribution is 2.38. The van der Waals surface area contributed by atoms with E-state index in [9.17, 15) is 9.18 Å². The number of methoxy groups -OCH3 is 1. The standard InChI is InChI=1S/C17H23BFNO4/c1-16(2)17(3,4)24-18(23-16)12(10-20)9-11-7-6-8-13(14(11)19)15(21)22-5/h6-9H,10,20H2,1-5H3. The van der Waals surface area contributed by atoms with Crippen molar-refractivity contribution in [3.8, 4) is 0 Å². The first-order valence-corrected chi connectivity index (χ1v) is 7.76. The summed E-state index contributed by atoms with van der Waals surface area (Å²) < 4.78 is 31.0. The SMILES string of the molecule is COC(=O)c1cccc(C=C(CN)B2OC(C)(C)C(C)(C)O2)c1F. The highest BCUT2D eigenvalue weighted by molar-refractivity contribution is 6.55. The predicted molar refractivity (Wildman–Crippen MR) is 90.9 cm³/mol. The Kier molecular flexibility index (Phi) is 5.18. The molecule has 0 unspecified atom stereocenters. The molecule has 0 amide bonds. The second kappa shape index (κ2) is 6.66. The molecule has 0 bridgehead atoms. The first-order chi connectivity index (χ1) is 11.1. The van der Waals surface area contributed by atoms with E-state index in [1.165, 1.54) is 13.2 Å². The second-order valence-corrected chi connectivity index (χ2v) is 6.71. The number of carbonyl (C=O) groups is 1. The largest absolute Gasteiger partial charge is 0.491 e. The van der Waals surface area contributed by atoms with Crippen LogP contribution in [0.3, 0.4) is 0 Å². The molecule has 1 aromatic carbocycles. The first kappa shape index (κ1) is 18.6. The lowest BCUT2D eigenvalue weighted by atomic mass is 9.77. The van der Waals surface area contributed by atoms with Crippen molar-refractivity contribution >= 4 is 19.2 Å². The molecule has 0 aromatic heterocycles. The predicted octanol–water partition coefficient (Wildman–Crippen LogP) is 2.59. The minimum Gasteiger partial charge on any atom is -0.465 e. The molecule has 1 heterocycles. The van der Waals surface area contributed by atoms with E-state index in [1.807, 2.05) is 27.7 Å². The van der Waals surface area contributed by atoms with Gasteiger partial charge in [-0.25, -0.2) is 9.18 Å². The van der Waals surface area contributed by atoms with E-state index in [1.54, 1.807) is 18.2 Å². The van der Waals surface area contributed by atoms with Crippen molar-refractivity contribution in [1.82, 2.24) is 0 Å². The van der Waals surface area contributed by atoms with Crippen LogP contribution in [0.5, 0.6) is 0 Å². The molecule has 1 aromatic rings. The van der Waals surface area contributed by atoms with Gasteiger partial charge >= 0.3 is 13.1 Å². The molecule has 0 spiro atoms. The van der Waals surface area contributed by atoms with Crippen molar-refractivity contribution in [3.05, 3.63) is 40.6 Å². The fourth-order valence-corrected chi connectivity index (χ4v) is 2.35. The molecule has 130 valence electrons. The lowest BCUT2D eigenvalue weighted by Crippen LogP contribution is -2.41. The number of hydrogen-bond acceptors (Lipinski definition) is 5. The van der Waals surface area contributed by atoms with Crippen molar-refractivity contribution in [2.75, 3.05) is 13.7 Å². The number of rotatable bonds is 4. The van der Waals surface area contributed by atoms with Crippen molar-refractivity contribution in [1.29, 1.82) is 0 Å². The van der Waals surface area contributed by atoms with Gasteiger partial charge in [0.25, 0.3) is 0 Å². The van der Waals surface area contributed by atoms with Gasteiger partial charge in [-0.2, -0.15) is 0 Å². The lowest BCUT2D eigenvalue weighted by molar-refractivity contribution is 0.00578. The first-order valence-electron chi connectivity index (χ1n) is 7.76. The second-order valence-electron chi connectivity index (χ2n) is 6.71. The van der Waals surface area contributed by atoms with Crippen molar-refractivity contribution in [3.63, 3.8) is 0 Å². The number of hydrogen-bond donors (Lipinski definition) is 1. The van der Waals surface area contributed by atoms with Gasteiger partial charge in [0.05, 0.1) is 23.9 Å². The Labute approximate surface area is 142 Å². The van der Waals surface area contributed by atoms with Gasteiger partial charge < -0.3 is 19.8 Å². The summed E-state index contributed by atoms with van der Waals surface area (Å²) in [7, 11) is 0.543. The van der Waals surface area contributed by atoms with E-state index in [2.05, 4.69) is 4.74 Å². The Hall–Kier alpha value is -1.70. The number of ether oxygens (including phenoxy) is 1. The van der Waals surface area contributed by atoms with Gasteiger partial charge in [-0.15, -0.1) is 0 Å². The normalized spacial score (nSPS) is 19.5. The molecule has 2 rings (SSSR count). The average Bonchev–Trinajstić information content (AvgIpc) is 2.73. The number of carbonyl (C=O) groups excluding carboxylic acids is 1. The molecule has 1 aliphatic heterocycles. The fourth-order valence-electron chi connectivity index (χ4n) is 2.35. The van der Waals surface area contributed by atoms with Gasteiger partial charge in [-0.1, -0.05) is 18.2 Å². The molecule has 1 aliphatic rings. The van der Waals surface area contributed by atoms with Gasteiger partial charge in [0.2, 0.25) is 0 Å². The monoisotopic (exact) mass is 335 g/mol. The summed E-state index contributed by atoms with van der Waals surface area (Å²) in [6, 6.07) is 4.51. The zero-order valence-electron chi connectivity index (χ0n) is 14.7. The molecular formula is C17H23BFNO4. The van der Waals surface area contributed by atoms with Gasteiger partial charge in [-0.3, -0.25) is 0 Å². The molecule has 0 atom stereocenters. The van der Waals surface area contributed by atoms with Crippen molar-refractivity contribution in [2.45, 2.75) is 38.9 Å². The summed E-state index contributed by atoms with van der Waals surface area (Å²) in [5.41, 5.74) is 5.47. The minimum atomic E-state index is -0.729. The van der Waals surface area contributed by atoms with Crippen LogP contribution in [0, 0.1) is 5.82 Å². The molecule has 0 aliphatic carbocycles. The van der Waals surface area contributed by atoms with E-state index in [-0.39, 0.29) is 17.7 Å². The molecule has 0 radical (unpaired) electrons. The molecule has 24 heavy (non-hydrogen) atoms. The van der Waals surface area contributed by atoms with Crippen LogP contribution in [-0.2, 0) is 14.0 Å². The summed E-state index contributed by atoms with van der Waals surface area (Å²) in [4.78, 5) is 11.6. The molecule has 7 heteroatoms. The van der Waals surface area contributed by atoms with Crippen LogP contribution in [0.15, 0.2) is 23.7 Å². The van der Waals surface area contributed by atoms with Crippen LogP contribution < -0.4 is 5.73 Å². The smallest absolute Gasteiger partial charge is 0.465 e. The minimum absolute atomic E-state index is 0.128. The van der Waals surface area contributed by atoms with Crippen molar-refractivity contribution in [2.24, 2.45) is 5.73 Å². The highest BCUT2D eigenvalue weighted by Gasteiger charge is 2.52. The number of benzene rings is 1. The molecule has 1 fully saturated rings. The Balaban J connectivity index is 2.38. The number of nitrogens with two attached hydrogens (primary N) is 1. The van der Waals surface area contributed by atoms with E-state index in [0.717, 1.165) is 0 Å². The van der Waals surface area contributed by atoms with Crippen LogP contribution in [0.2, 0.25) is 0 Å². The van der Waals surface area contributed by atoms with E-state index < -0.39 is 30.1 Å². The molecule has 5 nitrogen and oxygen atoms in total. The van der Waals surface area contributed by atoms with Gasteiger partial charge in [-0.05, 0) is 39.2 Å². The van der Waals surface area contributed by atoms with E-state index in [0.29, 0.717) is 5.47 Å². The van der Waals surface area contributed by atoms with Gasteiger partial charge in [0, 0.05) is 12.1 Å².